The number of carboxylic acids is 1. The Morgan fingerprint density at radius 3 is 2.50 bits per heavy atom. The third-order valence-corrected chi connectivity index (χ3v) is 3.88. The third kappa shape index (κ3) is 4.52. The predicted octanol–water partition coefficient (Wildman–Crippen LogP) is 2.64. The Hall–Kier alpha value is -0.570. The minimum atomic E-state index is -0.786. The van der Waals surface area contributed by atoms with Crippen molar-refractivity contribution in [3.63, 3.8) is 0 Å². The molecule has 3 nitrogen and oxygen atoms in total. The van der Waals surface area contributed by atoms with Crippen molar-refractivity contribution in [3.05, 3.63) is 0 Å². The molecule has 3 unspecified atom stereocenters. The summed E-state index contributed by atoms with van der Waals surface area (Å²) in [6.45, 7) is 4.34. The van der Waals surface area contributed by atoms with Gasteiger partial charge in [0.1, 0.15) is 0 Å². The summed E-state index contributed by atoms with van der Waals surface area (Å²) < 4.78 is 0. The minimum absolute atomic E-state index is 0.0946. The Balaban J connectivity index is 2.20. The zero-order valence-electron chi connectivity index (χ0n) is 10.5. The molecule has 3 heteroatoms. The number of hydrogen-bond donors (Lipinski definition) is 2. The highest BCUT2D eigenvalue weighted by Gasteiger charge is 2.23. The van der Waals surface area contributed by atoms with Crippen molar-refractivity contribution >= 4 is 5.97 Å². The molecule has 3 atom stereocenters. The molecule has 94 valence electrons. The van der Waals surface area contributed by atoms with Crippen LogP contribution in [0.15, 0.2) is 0 Å². The van der Waals surface area contributed by atoms with E-state index in [2.05, 4.69) is 13.8 Å². The summed E-state index contributed by atoms with van der Waals surface area (Å²) in [6, 6.07) is -0.193. The van der Waals surface area contributed by atoms with Crippen LogP contribution in [0.4, 0.5) is 0 Å². The van der Waals surface area contributed by atoms with Gasteiger partial charge in [0.25, 0.3) is 0 Å². The van der Waals surface area contributed by atoms with Gasteiger partial charge in [-0.1, -0.05) is 33.1 Å². The van der Waals surface area contributed by atoms with Crippen LogP contribution in [-0.4, -0.2) is 17.1 Å². The first kappa shape index (κ1) is 13.5. The van der Waals surface area contributed by atoms with Crippen LogP contribution >= 0.6 is 0 Å². The Labute approximate surface area is 98.4 Å². The molecule has 1 rings (SSSR count). The first-order valence-electron chi connectivity index (χ1n) is 6.46. The van der Waals surface area contributed by atoms with Gasteiger partial charge >= 0.3 is 5.97 Å². The fourth-order valence-corrected chi connectivity index (χ4v) is 2.61. The van der Waals surface area contributed by atoms with Gasteiger partial charge in [-0.25, -0.2) is 0 Å². The van der Waals surface area contributed by atoms with Crippen LogP contribution in [0.25, 0.3) is 0 Å². The average Bonchev–Trinajstić information content (AvgIpc) is 2.10. The van der Waals surface area contributed by atoms with Crippen LogP contribution in [-0.2, 0) is 4.79 Å². The Bertz CT molecular complexity index is 226. The molecule has 0 aliphatic heterocycles. The number of nitrogens with two attached hydrogens (primary N) is 1. The van der Waals surface area contributed by atoms with E-state index in [1.807, 2.05) is 0 Å². The van der Waals surface area contributed by atoms with E-state index >= 15 is 0 Å². The second kappa shape index (κ2) is 6.24. The summed E-state index contributed by atoms with van der Waals surface area (Å²) in [5.41, 5.74) is 5.86. The molecule has 1 aliphatic carbocycles. The SMILES string of the molecule is CC(CC1CCC1)CC(C)C(N)CC(=O)O. The maximum atomic E-state index is 10.6. The Morgan fingerprint density at radius 1 is 1.44 bits per heavy atom. The second-order valence-corrected chi connectivity index (χ2v) is 5.61. The van der Waals surface area contributed by atoms with Crippen LogP contribution in [0, 0.1) is 17.8 Å². The maximum absolute atomic E-state index is 10.6. The van der Waals surface area contributed by atoms with E-state index in [9.17, 15) is 4.79 Å². The number of carbonyl (C=O) groups is 1. The average molecular weight is 227 g/mol. The molecule has 0 amide bonds. The van der Waals surface area contributed by atoms with Gasteiger partial charge in [0.2, 0.25) is 0 Å². The largest absolute Gasteiger partial charge is 0.481 e. The lowest BCUT2D eigenvalue weighted by atomic mass is 9.77. The molecule has 0 saturated heterocycles. The van der Waals surface area contributed by atoms with Crippen LogP contribution < -0.4 is 5.73 Å². The van der Waals surface area contributed by atoms with Crippen molar-refractivity contribution in [2.24, 2.45) is 23.5 Å². The lowest BCUT2D eigenvalue weighted by Crippen LogP contribution is -2.32. The molecule has 0 spiro atoms. The predicted molar refractivity (Wildman–Crippen MR) is 65.1 cm³/mol. The highest BCUT2D eigenvalue weighted by atomic mass is 16.4. The molecule has 0 bridgehead atoms. The van der Waals surface area contributed by atoms with Crippen LogP contribution in [0.2, 0.25) is 0 Å². The molecule has 0 aromatic heterocycles. The highest BCUT2D eigenvalue weighted by Crippen LogP contribution is 2.34. The molecule has 0 aromatic rings. The molecule has 16 heavy (non-hydrogen) atoms. The smallest absolute Gasteiger partial charge is 0.304 e. The molecule has 1 saturated carbocycles. The van der Waals surface area contributed by atoms with Gasteiger partial charge in [-0.3, -0.25) is 4.79 Å². The monoisotopic (exact) mass is 227 g/mol. The van der Waals surface area contributed by atoms with Crippen molar-refractivity contribution in [2.45, 2.75) is 58.4 Å². The summed E-state index contributed by atoms with van der Waals surface area (Å²) in [6.07, 6.45) is 6.62. The minimum Gasteiger partial charge on any atom is -0.481 e. The van der Waals surface area contributed by atoms with Gasteiger partial charge in [-0.2, -0.15) is 0 Å². The van der Waals surface area contributed by atoms with E-state index < -0.39 is 5.97 Å². The summed E-state index contributed by atoms with van der Waals surface area (Å²) in [7, 11) is 0. The van der Waals surface area contributed by atoms with Gasteiger partial charge in [0.05, 0.1) is 6.42 Å². The van der Waals surface area contributed by atoms with Gasteiger partial charge in [-0.15, -0.1) is 0 Å². The molecular formula is C13H25NO2. The number of rotatable bonds is 7. The fraction of sp³-hybridized carbons (Fsp3) is 0.923. The molecule has 1 aliphatic rings. The molecule has 0 radical (unpaired) electrons. The lowest BCUT2D eigenvalue weighted by Gasteiger charge is -2.30. The van der Waals surface area contributed by atoms with E-state index in [0.717, 1.165) is 12.3 Å². The number of carboxylic acid groups (broad SMARTS) is 1. The molecule has 0 aromatic carbocycles. The van der Waals surface area contributed by atoms with E-state index in [0.29, 0.717) is 11.8 Å². The summed E-state index contributed by atoms with van der Waals surface area (Å²) in [4.78, 5) is 10.6. The normalized spacial score (nSPS) is 22.2. The van der Waals surface area contributed by atoms with Crippen molar-refractivity contribution in [2.75, 3.05) is 0 Å². The van der Waals surface area contributed by atoms with Crippen molar-refractivity contribution in [1.82, 2.24) is 0 Å². The molecule has 3 N–H and O–H groups in total. The van der Waals surface area contributed by atoms with Crippen LogP contribution in [0.1, 0.15) is 52.4 Å². The first-order chi connectivity index (χ1) is 7.49. The summed E-state index contributed by atoms with van der Waals surface area (Å²) >= 11 is 0. The summed E-state index contributed by atoms with van der Waals surface area (Å²) in [5.74, 6) is 1.13. The highest BCUT2D eigenvalue weighted by molar-refractivity contribution is 5.67. The molecular weight excluding hydrogens is 202 g/mol. The fourth-order valence-electron chi connectivity index (χ4n) is 2.61. The Morgan fingerprint density at radius 2 is 2.06 bits per heavy atom. The zero-order chi connectivity index (χ0) is 12.1. The van der Waals surface area contributed by atoms with Crippen LogP contribution in [0.3, 0.4) is 0 Å². The molecule has 0 heterocycles. The van der Waals surface area contributed by atoms with E-state index in [-0.39, 0.29) is 12.5 Å². The maximum Gasteiger partial charge on any atom is 0.304 e. The second-order valence-electron chi connectivity index (χ2n) is 5.61. The van der Waals surface area contributed by atoms with Crippen LogP contribution in [0.5, 0.6) is 0 Å². The zero-order valence-corrected chi connectivity index (χ0v) is 10.5. The van der Waals surface area contributed by atoms with E-state index in [1.165, 1.54) is 25.7 Å². The summed E-state index contributed by atoms with van der Waals surface area (Å²) in [5, 5.41) is 8.68. The lowest BCUT2D eigenvalue weighted by molar-refractivity contribution is -0.137. The van der Waals surface area contributed by atoms with Crippen molar-refractivity contribution < 1.29 is 9.90 Å². The number of aliphatic carboxylic acids is 1. The quantitative estimate of drug-likeness (QED) is 0.702. The van der Waals surface area contributed by atoms with Gasteiger partial charge in [0.15, 0.2) is 0 Å². The standard InChI is InChI=1S/C13H25NO2/c1-9(7-11-4-3-5-11)6-10(2)12(14)8-13(15)16/h9-12H,3-8,14H2,1-2H3,(H,15,16). The third-order valence-electron chi connectivity index (χ3n) is 3.88. The van der Waals surface area contributed by atoms with Gasteiger partial charge in [-0.05, 0) is 30.6 Å². The van der Waals surface area contributed by atoms with Crippen molar-refractivity contribution in [1.29, 1.82) is 0 Å². The van der Waals surface area contributed by atoms with E-state index in [1.54, 1.807) is 0 Å². The van der Waals surface area contributed by atoms with Crippen molar-refractivity contribution in [3.8, 4) is 0 Å². The van der Waals surface area contributed by atoms with E-state index in [4.69, 9.17) is 10.8 Å². The number of hydrogen-bond acceptors (Lipinski definition) is 2. The van der Waals surface area contributed by atoms with Gasteiger partial charge in [0, 0.05) is 6.04 Å². The molecule has 1 fully saturated rings. The van der Waals surface area contributed by atoms with Gasteiger partial charge < -0.3 is 10.8 Å². The first-order valence-corrected chi connectivity index (χ1v) is 6.46. The Kier molecular flexibility index (Phi) is 5.26. The topological polar surface area (TPSA) is 63.3 Å².